The summed E-state index contributed by atoms with van der Waals surface area (Å²) in [7, 11) is 0. The zero-order valence-electron chi connectivity index (χ0n) is 18.3. The number of ether oxygens (including phenoxy) is 2. The molecule has 1 unspecified atom stereocenters. The van der Waals surface area contributed by atoms with Crippen molar-refractivity contribution < 1.29 is 24.0 Å². The van der Waals surface area contributed by atoms with Gasteiger partial charge in [-0.05, 0) is 53.5 Å². The molecular weight excluding hydrogens is 376 g/mol. The van der Waals surface area contributed by atoms with E-state index in [9.17, 15) is 19.7 Å². The number of carbonyl (C=O) groups is 2. The highest BCUT2D eigenvalue weighted by molar-refractivity contribution is 5.82. The Labute approximate surface area is 172 Å². The summed E-state index contributed by atoms with van der Waals surface area (Å²) in [6.45, 7) is 11.7. The molecule has 162 valence electrons. The average Bonchev–Trinajstić information content (AvgIpc) is 2.55. The van der Waals surface area contributed by atoms with Crippen molar-refractivity contribution in [1.82, 2.24) is 5.32 Å². The van der Waals surface area contributed by atoms with E-state index in [1.807, 2.05) is 0 Å². The van der Waals surface area contributed by atoms with Gasteiger partial charge >= 0.3 is 17.6 Å². The van der Waals surface area contributed by atoms with Crippen LogP contribution in [0.5, 0.6) is 0 Å². The molecule has 29 heavy (non-hydrogen) atoms. The highest BCUT2D eigenvalue weighted by Crippen LogP contribution is 2.36. The van der Waals surface area contributed by atoms with E-state index in [0.717, 1.165) is 0 Å². The Morgan fingerprint density at radius 2 is 1.55 bits per heavy atom. The molecule has 1 aromatic rings. The lowest BCUT2D eigenvalue weighted by molar-refractivity contribution is -0.563. The van der Waals surface area contributed by atoms with Crippen molar-refractivity contribution in [2.75, 3.05) is 0 Å². The maximum Gasteiger partial charge on any atom is 0.408 e. The molecule has 1 aromatic carbocycles. The zero-order valence-corrected chi connectivity index (χ0v) is 18.3. The summed E-state index contributed by atoms with van der Waals surface area (Å²) < 4.78 is 10.7. The fraction of sp³-hybridized carbons (Fsp3) is 0.619. The van der Waals surface area contributed by atoms with E-state index >= 15 is 0 Å². The van der Waals surface area contributed by atoms with E-state index < -0.39 is 39.8 Å². The minimum Gasteiger partial charge on any atom is -0.455 e. The molecule has 0 aliphatic rings. The van der Waals surface area contributed by atoms with Crippen LogP contribution in [0.1, 0.15) is 72.9 Å². The summed E-state index contributed by atoms with van der Waals surface area (Å²) in [5, 5.41) is 14.9. The summed E-state index contributed by atoms with van der Waals surface area (Å²) in [5.74, 6) is -0.998. The third-order valence-electron chi connectivity index (χ3n) is 3.98. The van der Waals surface area contributed by atoms with Crippen molar-refractivity contribution in [1.29, 1.82) is 0 Å². The second-order valence-corrected chi connectivity index (χ2v) is 8.92. The molecule has 1 rings (SSSR count). The fourth-order valence-electron chi connectivity index (χ4n) is 2.93. The molecule has 0 aromatic heterocycles. The van der Waals surface area contributed by atoms with Gasteiger partial charge in [-0.2, -0.15) is 0 Å². The number of hydrogen-bond acceptors (Lipinski definition) is 6. The molecule has 1 N–H and O–H groups in total. The highest BCUT2D eigenvalue weighted by atomic mass is 16.6. The molecule has 0 bridgehead atoms. The van der Waals surface area contributed by atoms with Gasteiger partial charge in [0.15, 0.2) is 0 Å². The van der Waals surface area contributed by atoms with Crippen LogP contribution >= 0.6 is 0 Å². The van der Waals surface area contributed by atoms with Crippen LogP contribution in [0.15, 0.2) is 30.3 Å². The Hall–Kier alpha value is -2.64. The van der Waals surface area contributed by atoms with Crippen LogP contribution in [0.3, 0.4) is 0 Å². The quantitative estimate of drug-likeness (QED) is 0.407. The molecule has 2 atom stereocenters. The number of amides is 1. The first kappa shape index (κ1) is 24.4. The van der Waals surface area contributed by atoms with Crippen molar-refractivity contribution in [3.8, 4) is 0 Å². The summed E-state index contributed by atoms with van der Waals surface area (Å²) in [5.41, 5.74) is -3.53. The first-order valence-corrected chi connectivity index (χ1v) is 9.65. The van der Waals surface area contributed by atoms with Gasteiger partial charge in [0.25, 0.3) is 0 Å². The zero-order chi connectivity index (χ0) is 22.5. The van der Waals surface area contributed by atoms with Crippen LogP contribution in [0.2, 0.25) is 0 Å². The van der Waals surface area contributed by atoms with Crippen LogP contribution in [0.4, 0.5) is 4.79 Å². The molecule has 0 aliphatic carbocycles. The number of benzene rings is 1. The molecule has 0 heterocycles. The smallest absolute Gasteiger partial charge is 0.408 e. The number of hydrogen-bond donors (Lipinski definition) is 1. The molecule has 0 aliphatic heterocycles. The molecular formula is C21H32N2O6. The van der Waals surface area contributed by atoms with Crippen LogP contribution < -0.4 is 5.32 Å². The van der Waals surface area contributed by atoms with Gasteiger partial charge in [0, 0.05) is 11.3 Å². The average molecular weight is 408 g/mol. The number of rotatable bonds is 7. The van der Waals surface area contributed by atoms with E-state index in [0.29, 0.717) is 12.0 Å². The topological polar surface area (TPSA) is 108 Å². The normalized spacial score (nSPS) is 15.0. The van der Waals surface area contributed by atoms with Crippen molar-refractivity contribution in [3.05, 3.63) is 46.0 Å². The van der Waals surface area contributed by atoms with E-state index in [1.165, 1.54) is 0 Å². The molecule has 8 heteroatoms. The van der Waals surface area contributed by atoms with Crippen molar-refractivity contribution in [3.63, 3.8) is 0 Å². The SMILES string of the molecule is CCC[C@](C(=O)OC(C)(C)C)(C(NC(=O)OC(C)(C)C)c1ccccc1)[N+](=O)[O-]. The lowest BCUT2D eigenvalue weighted by Gasteiger charge is -2.34. The van der Waals surface area contributed by atoms with Gasteiger partial charge in [-0.1, -0.05) is 37.3 Å². The Balaban J connectivity index is 3.56. The van der Waals surface area contributed by atoms with Gasteiger partial charge < -0.3 is 14.8 Å². The summed E-state index contributed by atoms with van der Waals surface area (Å²) in [6, 6.07) is 7.09. The second-order valence-electron chi connectivity index (χ2n) is 8.92. The van der Waals surface area contributed by atoms with Gasteiger partial charge in [0.1, 0.15) is 17.2 Å². The number of esters is 1. The Morgan fingerprint density at radius 3 is 1.97 bits per heavy atom. The number of alkyl carbamates (subject to hydrolysis) is 1. The number of nitrogens with zero attached hydrogens (tertiary/aromatic N) is 1. The molecule has 0 radical (unpaired) electrons. The van der Waals surface area contributed by atoms with E-state index in [4.69, 9.17) is 9.47 Å². The van der Waals surface area contributed by atoms with Crippen molar-refractivity contribution >= 4 is 12.1 Å². The van der Waals surface area contributed by atoms with E-state index in [2.05, 4.69) is 5.32 Å². The Bertz CT molecular complexity index is 721. The van der Waals surface area contributed by atoms with Gasteiger partial charge in [0.2, 0.25) is 0 Å². The Morgan fingerprint density at radius 1 is 1.03 bits per heavy atom. The summed E-state index contributed by atoms with van der Waals surface area (Å²) >= 11 is 0. The van der Waals surface area contributed by atoms with Crippen LogP contribution in [-0.4, -0.2) is 33.7 Å². The minimum absolute atomic E-state index is 0.121. The Kier molecular flexibility index (Phi) is 7.77. The second kappa shape index (κ2) is 9.24. The first-order valence-electron chi connectivity index (χ1n) is 9.65. The van der Waals surface area contributed by atoms with Gasteiger partial charge in [-0.3, -0.25) is 10.1 Å². The third kappa shape index (κ3) is 6.73. The van der Waals surface area contributed by atoms with Gasteiger partial charge in [-0.25, -0.2) is 9.59 Å². The lowest BCUT2D eigenvalue weighted by atomic mass is 9.81. The van der Waals surface area contributed by atoms with E-state index in [1.54, 1.807) is 78.8 Å². The number of nitro groups is 1. The molecule has 8 nitrogen and oxygen atoms in total. The maximum atomic E-state index is 13.1. The van der Waals surface area contributed by atoms with Gasteiger partial charge in [0.05, 0.1) is 0 Å². The summed E-state index contributed by atoms with van der Waals surface area (Å²) in [6.07, 6.45) is -0.638. The molecule has 0 spiro atoms. The molecule has 1 amide bonds. The standard InChI is InChI=1S/C21H32N2O6/c1-8-14-21(23(26)27,17(24)28-19(2,3)4)16(15-12-10-9-11-13-15)22-18(25)29-20(5,6)7/h9-13,16H,8,14H2,1-7H3,(H,22,25)/t16?,21-/m1/s1. The first-order chi connectivity index (χ1) is 13.2. The highest BCUT2D eigenvalue weighted by Gasteiger charge is 2.60. The van der Waals surface area contributed by atoms with Crippen LogP contribution in [0.25, 0.3) is 0 Å². The summed E-state index contributed by atoms with van der Waals surface area (Å²) in [4.78, 5) is 37.3. The van der Waals surface area contributed by atoms with Crippen LogP contribution in [-0.2, 0) is 14.3 Å². The minimum atomic E-state index is -2.21. The monoisotopic (exact) mass is 408 g/mol. The maximum absolute atomic E-state index is 13.1. The van der Waals surface area contributed by atoms with Crippen molar-refractivity contribution in [2.45, 2.75) is 84.1 Å². The molecule has 0 saturated carbocycles. The predicted molar refractivity (Wildman–Crippen MR) is 109 cm³/mol. The third-order valence-corrected chi connectivity index (χ3v) is 3.98. The van der Waals surface area contributed by atoms with E-state index in [-0.39, 0.29) is 6.42 Å². The molecule has 0 fully saturated rings. The van der Waals surface area contributed by atoms with Crippen molar-refractivity contribution in [2.24, 2.45) is 0 Å². The largest absolute Gasteiger partial charge is 0.455 e. The molecule has 0 saturated heterocycles. The van der Waals surface area contributed by atoms with Gasteiger partial charge in [-0.15, -0.1) is 0 Å². The lowest BCUT2D eigenvalue weighted by Crippen LogP contribution is -2.58. The fourth-order valence-corrected chi connectivity index (χ4v) is 2.93. The van der Waals surface area contributed by atoms with Crippen LogP contribution in [0, 0.1) is 10.1 Å². The number of nitrogens with one attached hydrogen (secondary N) is 1. The predicted octanol–water partition coefficient (Wildman–Crippen LogP) is 4.41. The number of carbonyl (C=O) groups excluding carboxylic acids is 2.